The molecule has 0 spiro atoms. The molecule has 1 aromatic carbocycles. The monoisotopic (exact) mass is 322 g/mol. The number of anilines is 1. The van der Waals surface area contributed by atoms with E-state index in [-0.39, 0.29) is 6.03 Å². The van der Waals surface area contributed by atoms with E-state index < -0.39 is 6.10 Å². The maximum Gasteiger partial charge on any atom is 0.320 e. The summed E-state index contributed by atoms with van der Waals surface area (Å²) in [6.07, 6.45) is 0.0632. The number of rotatable bonds is 5. The normalized spacial score (nSPS) is 12.0. The first kappa shape index (κ1) is 16.3. The zero-order valence-corrected chi connectivity index (χ0v) is 13.3. The number of amides is 2. The van der Waals surface area contributed by atoms with Gasteiger partial charge in [-0.1, -0.05) is 17.7 Å². The second-order valence-corrected chi connectivity index (χ2v) is 5.52. The molecule has 1 unspecified atom stereocenters. The average Bonchev–Trinajstić information content (AvgIpc) is 2.79. The third-order valence-corrected chi connectivity index (χ3v) is 3.26. The van der Waals surface area contributed by atoms with Crippen LogP contribution in [0.15, 0.2) is 30.3 Å². The highest BCUT2D eigenvalue weighted by atomic mass is 35.5. The topological polar surface area (TPSA) is 79.2 Å². The lowest BCUT2D eigenvalue weighted by molar-refractivity contribution is 0.184. The van der Waals surface area contributed by atoms with E-state index in [0.717, 1.165) is 11.4 Å². The van der Waals surface area contributed by atoms with Crippen molar-refractivity contribution in [1.29, 1.82) is 0 Å². The first-order valence-electron chi connectivity index (χ1n) is 7.01. The fourth-order valence-electron chi connectivity index (χ4n) is 1.96. The number of aliphatic hydroxyl groups excluding tert-OH is 1. The van der Waals surface area contributed by atoms with Crippen LogP contribution in [0.2, 0.25) is 5.02 Å². The maximum atomic E-state index is 11.7. The van der Waals surface area contributed by atoms with E-state index in [2.05, 4.69) is 15.7 Å². The van der Waals surface area contributed by atoms with Crippen LogP contribution >= 0.6 is 11.6 Å². The highest BCUT2D eigenvalue weighted by Gasteiger charge is 2.09. The molecule has 118 valence electrons. The Bertz CT molecular complexity index is 655. The molecule has 0 radical (unpaired) electrons. The number of benzene rings is 1. The van der Waals surface area contributed by atoms with E-state index >= 15 is 0 Å². The van der Waals surface area contributed by atoms with Crippen molar-refractivity contribution in [1.82, 2.24) is 15.1 Å². The highest BCUT2D eigenvalue weighted by Crippen LogP contribution is 2.18. The minimum atomic E-state index is -0.440. The first-order chi connectivity index (χ1) is 10.5. The number of hydrogen-bond donors (Lipinski definition) is 3. The number of aryl methyl sites for hydroxylation is 1. The van der Waals surface area contributed by atoms with Crippen molar-refractivity contribution in [3.63, 3.8) is 0 Å². The van der Waals surface area contributed by atoms with Crippen LogP contribution in [0.4, 0.5) is 10.6 Å². The molecule has 2 amide bonds. The van der Waals surface area contributed by atoms with Gasteiger partial charge in [-0.15, -0.1) is 5.10 Å². The van der Waals surface area contributed by atoms with Gasteiger partial charge in [0.25, 0.3) is 0 Å². The second-order valence-electron chi connectivity index (χ2n) is 5.08. The standard InChI is InChI=1S/C15H19ClN4O2/c1-10-8-14(18-15(22)17-7-6-11(2)21)19-20(10)13-5-3-4-12(16)9-13/h3-5,8-9,11,21H,6-7H2,1-2H3,(H2,17,18,19,22). The van der Waals surface area contributed by atoms with Gasteiger partial charge in [-0.05, 0) is 38.5 Å². The Morgan fingerprint density at radius 3 is 2.91 bits per heavy atom. The van der Waals surface area contributed by atoms with Crippen molar-refractivity contribution in [2.45, 2.75) is 26.4 Å². The fourth-order valence-corrected chi connectivity index (χ4v) is 2.14. The smallest absolute Gasteiger partial charge is 0.320 e. The molecule has 0 aliphatic heterocycles. The van der Waals surface area contributed by atoms with Gasteiger partial charge >= 0.3 is 6.03 Å². The van der Waals surface area contributed by atoms with Crippen LogP contribution in [0.1, 0.15) is 19.0 Å². The molecule has 22 heavy (non-hydrogen) atoms. The van der Waals surface area contributed by atoms with Gasteiger partial charge in [-0.3, -0.25) is 5.32 Å². The number of halogens is 1. The number of nitrogens with one attached hydrogen (secondary N) is 2. The van der Waals surface area contributed by atoms with Crippen LogP contribution in [-0.4, -0.2) is 33.6 Å². The Morgan fingerprint density at radius 2 is 2.23 bits per heavy atom. The summed E-state index contributed by atoms with van der Waals surface area (Å²) in [6, 6.07) is 8.74. The fraction of sp³-hybridized carbons (Fsp3) is 0.333. The summed E-state index contributed by atoms with van der Waals surface area (Å²) >= 11 is 5.98. The number of aliphatic hydroxyl groups is 1. The van der Waals surface area contributed by atoms with Crippen molar-refractivity contribution in [2.24, 2.45) is 0 Å². The lowest BCUT2D eigenvalue weighted by Crippen LogP contribution is -2.31. The predicted octanol–water partition coefficient (Wildman–Crippen LogP) is 2.73. The van der Waals surface area contributed by atoms with Gasteiger partial charge < -0.3 is 10.4 Å². The van der Waals surface area contributed by atoms with E-state index in [4.69, 9.17) is 16.7 Å². The number of nitrogens with zero attached hydrogens (tertiary/aromatic N) is 2. The molecule has 3 N–H and O–H groups in total. The molecule has 6 nitrogen and oxygen atoms in total. The predicted molar refractivity (Wildman–Crippen MR) is 86.6 cm³/mol. The number of urea groups is 1. The Balaban J connectivity index is 2.02. The molecule has 0 bridgehead atoms. The number of hydrogen-bond acceptors (Lipinski definition) is 3. The number of carbonyl (C=O) groups is 1. The molecule has 0 aliphatic carbocycles. The van der Waals surface area contributed by atoms with Crippen molar-refractivity contribution in [3.05, 3.63) is 41.0 Å². The summed E-state index contributed by atoms with van der Waals surface area (Å²) in [5.41, 5.74) is 1.70. The SMILES string of the molecule is Cc1cc(NC(=O)NCCC(C)O)nn1-c1cccc(Cl)c1. The molecule has 1 aromatic heterocycles. The molecule has 0 saturated heterocycles. The zero-order chi connectivity index (χ0) is 16.1. The van der Waals surface area contributed by atoms with Gasteiger partial charge in [-0.25, -0.2) is 9.48 Å². The number of carbonyl (C=O) groups excluding carboxylic acids is 1. The van der Waals surface area contributed by atoms with E-state index in [1.165, 1.54) is 0 Å². The lowest BCUT2D eigenvalue weighted by atomic mass is 10.3. The van der Waals surface area contributed by atoms with Crippen LogP contribution in [0.3, 0.4) is 0 Å². The molecule has 2 rings (SSSR count). The third-order valence-electron chi connectivity index (χ3n) is 3.03. The summed E-state index contributed by atoms with van der Waals surface area (Å²) < 4.78 is 1.71. The van der Waals surface area contributed by atoms with Gasteiger partial charge in [0.05, 0.1) is 11.8 Å². The van der Waals surface area contributed by atoms with Crippen LogP contribution in [0.25, 0.3) is 5.69 Å². The molecule has 0 fully saturated rings. The molecular formula is C15H19ClN4O2. The van der Waals surface area contributed by atoms with Crippen LogP contribution < -0.4 is 10.6 Å². The van der Waals surface area contributed by atoms with Gasteiger partial charge in [0, 0.05) is 23.3 Å². The van der Waals surface area contributed by atoms with E-state index in [1.54, 1.807) is 29.8 Å². The van der Waals surface area contributed by atoms with Crippen LogP contribution in [-0.2, 0) is 0 Å². The largest absolute Gasteiger partial charge is 0.393 e. The molecular weight excluding hydrogens is 304 g/mol. The molecule has 0 saturated carbocycles. The zero-order valence-electron chi connectivity index (χ0n) is 12.5. The minimum absolute atomic E-state index is 0.351. The summed E-state index contributed by atoms with van der Waals surface area (Å²) in [5.74, 6) is 0.451. The summed E-state index contributed by atoms with van der Waals surface area (Å²) in [6.45, 7) is 3.97. The molecule has 7 heteroatoms. The van der Waals surface area contributed by atoms with E-state index in [0.29, 0.717) is 23.8 Å². The van der Waals surface area contributed by atoms with Gasteiger partial charge in [0.15, 0.2) is 5.82 Å². The van der Waals surface area contributed by atoms with Crippen LogP contribution in [0.5, 0.6) is 0 Å². The Labute approximate surface area is 134 Å². The molecule has 1 heterocycles. The number of aromatic nitrogens is 2. The Hall–Kier alpha value is -2.05. The van der Waals surface area contributed by atoms with Gasteiger partial charge in [-0.2, -0.15) is 0 Å². The van der Waals surface area contributed by atoms with Crippen molar-refractivity contribution >= 4 is 23.4 Å². The van der Waals surface area contributed by atoms with Gasteiger partial charge in [0.2, 0.25) is 0 Å². The Morgan fingerprint density at radius 1 is 1.45 bits per heavy atom. The van der Waals surface area contributed by atoms with E-state index in [1.807, 2.05) is 19.1 Å². The van der Waals surface area contributed by atoms with Crippen molar-refractivity contribution < 1.29 is 9.90 Å². The Kier molecular flexibility index (Phi) is 5.41. The second kappa shape index (κ2) is 7.29. The molecule has 2 aromatic rings. The van der Waals surface area contributed by atoms with Gasteiger partial charge in [0.1, 0.15) is 0 Å². The van der Waals surface area contributed by atoms with E-state index in [9.17, 15) is 4.79 Å². The minimum Gasteiger partial charge on any atom is -0.393 e. The lowest BCUT2D eigenvalue weighted by Gasteiger charge is -2.07. The maximum absolute atomic E-state index is 11.7. The third kappa shape index (κ3) is 4.47. The molecule has 1 atom stereocenters. The first-order valence-corrected chi connectivity index (χ1v) is 7.39. The molecule has 0 aliphatic rings. The summed E-state index contributed by atoms with van der Waals surface area (Å²) in [7, 11) is 0. The summed E-state index contributed by atoms with van der Waals surface area (Å²) in [5, 5.41) is 19.4. The van der Waals surface area contributed by atoms with Crippen LogP contribution in [0, 0.1) is 6.92 Å². The van der Waals surface area contributed by atoms with Crippen molar-refractivity contribution in [2.75, 3.05) is 11.9 Å². The highest BCUT2D eigenvalue weighted by molar-refractivity contribution is 6.30. The quantitative estimate of drug-likeness (QED) is 0.792. The van der Waals surface area contributed by atoms with Crippen molar-refractivity contribution in [3.8, 4) is 5.69 Å². The summed E-state index contributed by atoms with van der Waals surface area (Å²) in [4.78, 5) is 11.7. The average molecular weight is 323 g/mol.